The molecule has 5 heteroatoms. The summed E-state index contributed by atoms with van der Waals surface area (Å²) in [6.45, 7) is 0. The van der Waals surface area contributed by atoms with E-state index in [1.165, 1.54) is 26.9 Å². The van der Waals surface area contributed by atoms with Crippen molar-refractivity contribution in [2.75, 3.05) is 0 Å². The molecule has 53 heavy (non-hydrogen) atoms. The highest BCUT2D eigenvalue weighted by molar-refractivity contribution is 6.27. The predicted molar refractivity (Wildman–Crippen MR) is 217 cm³/mol. The monoisotopic (exact) mass is 675 g/mol. The number of hydrogen-bond donors (Lipinski definition) is 0. The van der Waals surface area contributed by atoms with Crippen LogP contribution in [0, 0.1) is 0 Å². The van der Waals surface area contributed by atoms with Crippen molar-refractivity contribution in [2.24, 2.45) is 0 Å². The summed E-state index contributed by atoms with van der Waals surface area (Å²) in [4.78, 5) is 20.5. The minimum Gasteiger partial charge on any atom is -0.299 e. The SMILES string of the molecule is c1ccc(-c2cc(-c3ccc4ccc5c(-c6c(-c7ccc8ccccc8n7)nc7ccccn67)ccc6ccc3c4c65)nc(-c3ccccc3)n2)cc1. The van der Waals surface area contributed by atoms with Crippen molar-refractivity contribution in [2.45, 2.75) is 0 Å². The van der Waals surface area contributed by atoms with E-state index in [1.54, 1.807) is 0 Å². The van der Waals surface area contributed by atoms with E-state index in [-0.39, 0.29) is 0 Å². The molecule has 0 aliphatic carbocycles. The molecule has 0 aliphatic heterocycles. The van der Waals surface area contributed by atoms with Crippen LogP contribution in [0.1, 0.15) is 0 Å². The molecule has 11 rings (SSSR count). The summed E-state index contributed by atoms with van der Waals surface area (Å²) in [7, 11) is 0. The Kier molecular flexibility index (Phi) is 6.48. The molecule has 0 atom stereocenters. The molecule has 7 aromatic carbocycles. The van der Waals surface area contributed by atoms with Gasteiger partial charge >= 0.3 is 0 Å². The van der Waals surface area contributed by atoms with Gasteiger partial charge in [-0.3, -0.25) is 4.40 Å². The Balaban J connectivity index is 1.16. The Morgan fingerprint density at radius 1 is 0.396 bits per heavy atom. The van der Waals surface area contributed by atoms with Gasteiger partial charge in [-0.1, -0.05) is 140 Å². The van der Waals surface area contributed by atoms with Crippen molar-refractivity contribution in [3.05, 3.63) is 176 Å². The first-order valence-electron chi connectivity index (χ1n) is 17.8. The molecule has 0 spiro atoms. The quantitative estimate of drug-likeness (QED) is 0.170. The Bertz CT molecular complexity index is 3110. The van der Waals surface area contributed by atoms with Crippen molar-refractivity contribution in [1.29, 1.82) is 0 Å². The fraction of sp³-hybridized carbons (Fsp3) is 0. The van der Waals surface area contributed by atoms with E-state index in [1.807, 2.05) is 42.5 Å². The van der Waals surface area contributed by atoms with E-state index >= 15 is 0 Å². The second-order valence-corrected chi connectivity index (χ2v) is 13.5. The lowest BCUT2D eigenvalue weighted by atomic mass is 9.88. The van der Waals surface area contributed by atoms with Gasteiger partial charge in [0.25, 0.3) is 0 Å². The standard InChI is InChI=1S/C48H29N5/c1-3-11-30(12-4-1)41-29-42(51-48(50-41)34-14-5-2-6-15-34)35-23-18-32-20-25-37-38(26-21-33-19-24-36(35)44(32)45(33)37)47-46(52-43-17-9-10-28-53(43)47)40-27-22-31-13-7-8-16-39(31)49-40/h1-29H. The van der Waals surface area contributed by atoms with Gasteiger partial charge in [0.15, 0.2) is 5.82 Å². The molecule has 11 aromatic rings. The zero-order valence-corrected chi connectivity index (χ0v) is 28.5. The summed E-state index contributed by atoms with van der Waals surface area (Å²) in [5, 5.41) is 8.26. The minimum absolute atomic E-state index is 0.706. The smallest absolute Gasteiger partial charge is 0.160 e. The van der Waals surface area contributed by atoms with Crippen LogP contribution >= 0.6 is 0 Å². The van der Waals surface area contributed by atoms with E-state index in [4.69, 9.17) is 19.9 Å². The maximum Gasteiger partial charge on any atom is 0.160 e. The molecule has 4 aromatic heterocycles. The topological polar surface area (TPSA) is 56.0 Å². The average Bonchev–Trinajstić information content (AvgIpc) is 3.62. The van der Waals surface area contributed by atoms with Crippen LogP contribution in [0.25, 0.3) is 105 Å². The Morgan fingerprint density at radius 3 is 1.81 bits per heavy atom. The fourth-order valence-corrected chi connectivity index (χ4v) is 7.92. The van der Waals surface area contributed by atoms with Gasteiger partial charge in [-0.05, 0) is 62.6 Å². The van der Waals surface area contributed by atoms with Crippen molar-refractivity contribution >= 4 is 48.9 Å². The first kappa shape index (κ1) is 29.5. The number of imidazole rings is 1. The van der Waals surface area contributed by atoms with Gasteiger partial charge in [0.2, 0.25) is 0 Å². The van der Waals surface area contributed by atoms with Crippen LogP contribution in [0.15, 0.2) is 176 Å². The van der Waals surface area contributed by atoms with Gasteiger partial charge in [-0.2, -0.15) is 0 Å². The normalized spacial score (nSPS) is 11.8. The second-order valence-electron chi connectivity index (χ2n) is 13.5. The summed E-state index contributed by atoms with van der Waals surface area (Å²) in [6, 6.07) is 59.3. The molecule has 0 N–H and O–H groups in total. The second kappa shape index (κ2) is 11.7. The highest BCUT2D eigenvalue weighted by atomic mass is 15.0. The number of hydrogen-bond acceptors (Lipinski definition) is 4. The fourth-order valence-electron chi connectivity index (χ4n) is 7.92. The molecule has 0 fully saturated rings. The van der Waals surface area contributed by atoms with E-state index in [0.717, 1.165) is 72.7 Å². The molecule has 5 nitrogen and oxygen atoms in total. The predicted octanol–water partition coefficient (Wildman–Crippen LogP) is 11.9. The molecule has 246 valence electrons. The zero-order chi connectivity index (χ0) is 34.9. The van der Waals surface area contributed by atoms with Gasteiger partial charge in [-0.15, -0.1) is 0 Å². The minimum atomic E-state index is 0.706. The van der Waals surface area contributed by atoms with Crippen molar-refractivity contribution in [1.82, 2.24) is 24.3 Å². The molecular weight excluding hydrogens is 647 g/mol. The van der Waals surface area contributed by atoms with Gasteiger partial charge in [-0.25, -0.2) is 19.9 Å². The van der Waals surface area contributed by atoms with Gasteiger partial charge in [0, 0.05) is 33.8 Å². The highest BCUT2D eigenvalue weighted by Gasteiger charge is 2.22. The van der Waals surface area contributed by atoms with Gasteiger partial charge < -0.3 is 0 Å². The number of pyridine rings is 2. The summed E-state index contributed by atoms with van der Waals surface area (Å²) in [5.74, 6) is 0.706. The van der Waals surface area contributed by atoms with Crippen LogP contribution in [-0.2, 0) is 0 Å². The molecule has 0 amide bonds. The Labute approximate surface area is 304 Å². The van der Waals surface area contributed by atoms with Crippen molar-refractivity contribution in [3.8, 4) is 56.5 Å². The lowest BCUT2D eigenvalue weighted by Crippen LogP contribution is -1.97. The number of fused-ring (bicyclic) bond motifs is 2. The summed E-state index contributed by atoms with van der Waals surface area (Å²) in [6.07, 6.45) is 2.10. The summed E-state index contributed by atoms with van der Waals surface area (Å²) >= 11 is 0. The molecule has 0 saturated heterocycles. The van der Waals surface area contributed by atoms with Crippen LogP contribution in [0.5, 0.6) is 0 Å². The Morgan fingerprint density at radius 2 is 1.02 bits per heavy atom. The number of benzene rings is 7. The number of para-hydroxylation sites is 1. The maximum atomic E-state index is 5.21. The van der Waals surface area contributed by atoms with E-state index in [9.17, 15) is 0 Å². The van der Waals surface area contributed by atoms with E-state index in [2.05, 4.69) is 138 Å². The van der Waals surface area contributed by atoms with Crippen LogP contribution in [0.4, 0.5) is 0 Å². The number of aromatic nitrogens is 5. The van der Waals surface area contributed by atoms with E-state index < -0.39 is 0 Å². The molecule has 0 aliphatic rings. The molecule has 0 unspecified atom stereocenters. The van der Waals surface area contributed by atoms with Crippen LogP contribution in [0.2, 0.25) is 0 Å². The van der Waals surface area contributed by atoms with Gasteiger partial charge in [0.05, 0.1) is 28.3 Å². The summed E-state index contributed by atoms with van der Waals surface area (Å²) < 4.78 is 2.20. The first-order valence-corrected chi connectivity index (χ1v) is 17.8. The molecule has 0 radical (unpaired) electrons. The lowest BCUT2D eigenvalue weighted by molar-refractivity contribution is 1.18. The lowest BCUT2D eigenvalue weighted by Gasteiger charge is -2.17. The van der Waals surface area contributed by atoms with Crippen LogP contribution < -0.4 is 0 Å². The third-order valence-electron chi connectivity index (χ3n) is 10.4. The summed E-state index contributed by atoms with van der Waals surface area (Å²) in [5.41, 5.74) is 10.6. The third-order valence-corrected chi connectivity index (χ3v) is 10.4. The largest absolute Gasteiger partial charge is 0.299 e. The van der Waals surface area contributed by atoms with Crippen LogP contribution in [0.3, 0.4) is 0 Å². The molecule has 4 heterocycles. The number of nitrogens with zero attached hydrogens (tertiary/aromatic N) is 5. The maximum absolute atomic E-state index is 5.21. The van der Waals surface area contributed by atoms with Crippen molar-refractivity contribution in [3.63, 3.8) is 0 Å². The molecular formula is C48H29N5. The average molecular weight is 676 g/mol. The third kappa shape index (κ3) is 4.71. The van der Waals surface area contributed by atoms with E-state index in [0.29, 0.717) is 5.82 Å². The number of rotatable bonds is 5. The first-order chi connectivity index (χ1) is 26.3. The van der Waals surface area contributed by atoms with Gasteiger partial charge in [0.1, 0.15) is 11.3 Å². The molecule has 0 saturated carbocycles. The Hall–Kier alpha value is -7.24. The molecule has 0 bridgehead atoms. The van der Waals surface area contributed by atoms with Crippen molar-refractivity contribution < 1.29 is 0 Å². The van der Waals surface area contributed by atoms with Crippen LogP contribution in [-0.4, -0.2) is 24.3 Å². The highest BCUT2D eigenvalue weighted by Crippen LogP contribution is 2.44. The zero-order valence-electron chi connectivity index (χ0n) is 28.5.